The predicted octanol–water partition coefficient (Wildman–Crippen LogP) is 3.67. The molecule has 0 spiro atoms. The molecule has 160 valence electrons. The van der Waals surface area contributed by atoms with Gasteiger partial charge < -0.3 is 11.1 Å². The second-order valence-corrected chi connectivity index (χ2v) is 10.0. The molecule has 3 N–H and O–H groups in total. The predicted molar refractivity (Wildman–Crippen MR) is 121 cm³/mol. The van der Waals surface area contributed by atoms with Crippen LogP contribution < -0.4 is 11.1 Å². The van der Waals surface area contributed by atoms with Gasteiger partial charge in [-0.05, 0) is 73.4 Å². The molecule has 1 fully saturated rings. The summed E-state index contributed by atoms with van der Waals surface area (Å²) in [5.74, 6) is 0.346. The smallest absolute Gasteiger partial charge is 0.243 e. The fourth-order valence-corrected chi connectivity index (χ4v) is 5.90. The number of nitrogens with one attached hydrogen (secondary N) is 1. The number of rotatable bonds is 5. The Hall–Kier alpha value is -2.38. The zero-order valence-electron chi connectivity index (χ0n) is 17.3. The van der Waals surface area contributed by atoms with Crippen LogP contribution in [-0.2, 0) is 29.4 Å². The standard InChI is InChI=1S/C23H30N4O2S/c24-23(26-22-13-7-10-19-9-2-3-12-21(19)22)25-17-18-8-6-11-20(16-18)30(28,29)27-14-4-1-5-15-27/h6-8,10-11,13,16H,1-5,9,12,14-15,17H2,(H3,24,25,26). The number of anilines is 1. The van der Waals surface area contributed by atoms with Crippen LogP contribution in [-0.4, -0.2) is 31.8 Å². The summed E-state index contributed by atoms with van der Waals surface area (Å²) in [5, 5.41) is 3.24. The molecule has 0 radical (unpaired) electrons. The van der Waals surface area contributed by atoms with Crippen LogP contribution in [0, 0.1) is 0 Å². The molecule has 0 amide bonds. The number of aliphatic imine (C=N–C) groups is 1. The molecule has 0 saturated carbocycles. The van der Waals surface area contributed by atoms with Crippen LogP contribution in [0.4, 0.5) is 5.69 Å². The summed E-state index contributed by atoms with van der Waals surface area (Å²) >= 11 is 0. The summed E-state index contributed by atoms with van der Waals surface area (Å²) < 4.78 is 27.4. The number of guanidine groups is 1. The highest BCUT2D eigenvalue weighted by atomic mass is 32.2. The first kappa shape index (κ1) is 20.9. The molecule has 1 heterocycles. The quantitative estimate of drug-likeness (QED) is 0.564. The van der Waals surface area contributed by atoms with Gasteiger partial charge in [-0.1, -0.05) is 30.7 Å². The Labute approximate surface area is 179 Å². The SMILES string of the molecule is NC(=NCc1cccc(S(=O)(=O)N2CCCCC2)c1)Nc1cccc2c1CCCC2. The van der Waals surface area contributed by atoms with Crippen molar-refractivity contribution in [3.05, 3.63) is 59.2 Å². The molecule has 1 aliphatic heterocycles. The Morgan fingerprint density at radius 2 is 1.77 bits per heavy atom. The molecule has 2 aromatic rings. The average Bonchev–Trinajstić information content (AvgIpc) is 2.79. The van der Waals surface area contributed by atoms with Crippen molar-refractivity contribution in [2.45, 2.75) is 56.4 Å². The van der Waals surface area contributed by atoms with Crippen LogP contribution in [0.1, 0.15) is 48.8 Å². The molecule has 1 saturated heterocycles. The van der Waals surface area contributed by atoms with Gasteiger partial charge in [0.05, 0.1) is 11.4 Å². The third-order valence-electron chi connectivity index (χ3n) is 5.94. The van der Waals surface area contributed by atoms with E-state index in [1.807, 2.05) is 12.1 Å². The molecule has 2 aliphatic rings. The van der Waals surface area contributed by atoms with Crippen LogP contribution in [0.3, 0.4) is 0 Å². The van der Waals surface area contributed by atoms with Gasteiger partial charge in [-0.3, -0.25) is 0 Å². The Morgan fingerprint density at radius 3 is 2.60 bits per heavy atom. The first-order chi connectivity index (χ1) is 14.5. The maximum atomic E-state index is 12.9. The lowest BCUT2D eigenvalue weighted by Crippen LogP contribution is -2.35. The Bertz CT molecular complexity index is 1030. The van der Waals surface area contributed by atoms with E-state index in [4.69, 9.17) is 5.73 Å². The van der Waals surface area contributed by atoms with Crippen molar-refractivity contribution in [1.29, 1.82) is 0 Å². The van der Waals surface area contributed by atoms with Crippen LogP contribution in [0.15, 0.2) is 52.4 Å². The van der Waals surface area contributed by atoms with Crippen molar-refractivity contribution in [1.82, 2.24) is 4.31 Å². The normalized spacial score (nSPS) is 18.1. The molecule has 6 nitrogen and oxygen atoms in total. The lowest BCUT2D eigenvalue weighted by atomic mass is 9.90. The summed E-state index contributed by atoms with van der Waals surface area (Å²) in [5.41, 5.74) is 10.7. The Kier molecular flexibility index (Phi) is 6.39. The lowest BCUT2D eigenvalue weighted by Gasteiger charge is -2.26. The minimum Gasteiger partial charge on any atom is -0.370 e. The minimum absolute atomic E-state index is 0.331. The molecular formula is C23H30N4O2S. The third kappa shape index (κ3) is 4.68. The first-order valence-corrected chi connectivity index (χ1v) is 12.2. The fraction of sp³-hybridized carbons (Fsp3) is 0.435. The van der Waals surface area contributed by atoms with Gasteiger partial charge in [0.15, 0.2) is 5.96 Å². The molecule has 0 unspecified atom stereocenters. The number of nitrogens with zero attached hydrogens (tertiary/aromatic N) is 2. The number of piperidine rings is 1. The van der Waals surface area contributed by atoms with Gasteiger partial charge in [0.25, 0.3) is 0 Å². The Morgan fingerprint density at radius 1 is 1.00 bits per heavy atom. The third-order valence-corrected chi connectivity index (χ3v) is 7.84. The number of hydrogen-bond donors (Lipinski definition) is 2. The highest BCUT2D eigenvalue weighted by Crippen LogP contribution is 2.27. The van der Waals surface area contributed by atoms with Crippen LogP contribution >= 0.6 is 0 Å². The molecule has 1 aliphatic carbocycles. The number of hydrogen-bond acceptors (Lipinski definition) is 3. The van der Waals surface area contributed by atoms with Crippen molar-refractivity contribution >= 4 is 21.7 Å². The zero-order chi connectivity index (χ0) is 21.0. The van der Waals surface area contributed by atoms with Gasteiger partial charge in [-0.15, -0.1) is 0 Å². The molecule has 2 aromatic carbocycles. The molecular weight excluding hydrogens is 396 g/mol. The van der Waals surface area contributed by atoms with E-state index < -0.39 is 10.0 Å². The summed E-state index contributed by atoms with van der Waals surface area (Å²) in [6.45, 7) is 1.53. The molecule has 0 atom stereocenters. The summed E-state index contributed by atoms with van der Waals surface area (Å²) in [7, 11) is -3.44. The number of fused-ring (bicyclic) bond motifs is 1. The van der Waals surface area contributed by atoms with Crippen LogP contribution in [0.25, 0.3) is 0 Å². The highest BCUT2D eigenvalue weighted by molar-refractivity contribution is 7.89. The van der Waals surface area contributed by atoms with Crippen molar-refractivity contribution in [3.63, 3.8) is 0 Å². The first-order valence-electron chi connectivity index (χ1n) is 10.8. The monoisotopic (exact) mass is 426 g/mol. The topological polar surface area (TPSA) is 87.8 Å². The molecule has 0 aromatic heterocycles. The van der Waals surface area contributed by atoms with E-state index in [1.165, 1.54) is 24.0 Å². The molecule has 0 bridgehead atoms. The van der Waals surface area contributed by atoms with E-state index in [2.05, 4.69) is 22.4 Å². The second kappa shape index (κ2) is 9.18. The van der Waals surface area contributed by atoms with E-state index in [9.17, 15) is 8.42 Å². The van der Waals surface area contributed by atoms with E-state index in [0.717, 1.165) is 43.4 Å². The number of benzene rings is 2. The van der Waals surface area contributed by atoms with Crippen LogP contribution in [0.5, 0.6) is 0 Å². The van der Waals surface area contributed by atoms with E-state index in [-0.39, 0.29) is 0 Å². The summed E-state index contributed by atoms with van der Waals surface area (Å²) in [6, 6.07) is 13.3. The average molecular weight is 427 g/mol. The van der Waals surface area contributed by atoms with Crippen molar-refractivity contribution in [2.24, 2.45) is 10.7 Å². The Balaban J connectivity index is 1.46. The largest absolute Gasteiger partial charge is 0.370 e. The summed E-state index contributed by atoms with van der Waals surface area (Å²) in [6.07, 6.45) is 7.54. The van der Waals surface area contributed by atoms with E-state index >= 15 is 0 Å². The van der Waals surface area contributed by atoms with Gasteiger partial charge in [-0.25, -0.2) is 13.4 Å². The van der Waals surface area contributed by atoms with E-state index in [1.54, 1.807) is 22.5 Å². The number of sulfonamides is 1. The van der Waals surface area contributed by atoms with Gasteiger partial charge in [0.2, 0.25) is 10.0 Å². The van der Waals surface area contributed by atoms with Crippen molar-refractivity contribution in [2.75, 3.05) is 18.4 Å². The maximum absolute atomic E-state index is 12.9. The minimum atomic E-state index is -3.44. The lowest BCUT2D eigenvalue weighted by molar-refractivity contribution is 0.346. The van der Waals surface area contributed by atoms with Crippen molar-refractivity contribution in [3.8, 4) is 0 Å². The highest BCUT2D eigenvalue weighted by Gasteiger charge is 2.25. The van der Waals surface area contributed by atoms with Crippen LogP contribution in [0.2, 0.25) is 0 Å². The van der Waals surface area contributed by atoms with Crippen molar-refractivity contribution < 1.29 is 8.42 Å². The number of aryl methyl sites for hydroxylation is 1. The van der Waals surface area contributed by atoms with Gasteiger partial charge in [-0.2, -0.15) is 4.31 Å². The van der Waals surface area contributed by atoms with Gasteiger partial charge in [0.1, 0.15) is 0 Å². The van der Waals surface area contributed by atoms with Gasteiger partial charge >= 0.3 is 0 Å². The summed E-state index contributed by atoms with van der Waals surface area (Å²) in [4.78, 5) is 4.78. The molecule has 4 rings (SSSR count). The van der Waals surface area contributed by atoms with Gasteiger partial charge in [0, 0.05) is 18.8 Å². The zero-order valence-corrected chi connectivity index (χ0v) is 18.1. The molecule has 30 heavy (non-hydrogen) atoms. The fourth-order valence-electron chi connectivity index (χ4n) is 4.31. The molecule has 7 heteroatoms. The number of nitrogens with two attached hydrogens (primary N) is 1. The second-order valence-electron chi connectivity index (χ2n) is 8.09. The van der Waals surface area contributed by atoms with E-state index in [0.29, 0.717) is 30.5 Å². The maximum Gasteiger partial charge on any atom is 0.243 e.